The lowest BCUT2D eigenvalue weighted by Crippen LogP contribution is -2.36. The smallest absolute Gasteiger partial charge is 0.0509 e. The second kappa shape index (κ2) is 6.72. The van der Waals surface area contributed by atoms with Crippen molar-refractivity contribution in [1.82, 2.24) is 10.2 Å². The van der Waals surface area contributed by atoms with E-state index in [1.807, 2.05) is 0 Å². The Labute approximate surface area is 106 Å². The van der Waals surface area contributed by atoms with Gasteiger partial charge in [0, 0.05) is 12.6 Å². The fraction of sp³-hybridized carbons (Fsp3) is 1.00. The van der Waals surface area contributed by atoms with E-state index in [1.54, 1.807) is 0 Å². The molecule has 2 atom stereocenters. The predicted molar refractivity (Wildman–Crippen MR) is 71.2 cm³/mol. The Hall–Kier alpha value is -0.120. The van der Waals surface area contributed by atoms with E-state index in [2.05, 4.69) is 24.2 Å². The molecule has 1 N–H and O–H groups in total. The first-order chi connectivity index (χ1) is 8.25. The Bertz CT molecular complexity index is 208. The molecule has 0 spiro atoms. The summed E-state index contributed by atoms with van der Waals surface area (Å²) in [6.45, 7) is 8.00. The van der Waals surface area contributed by atoms with Crippen molar-refractivity contribution in [3.05, 3.63) is 0 Å². The number of hydrogen-bond acceptors (Lipinski definition) is 3. The van der Waals surface area contributed by atoms with Crippen molar-refractivity contribution in [3.8, 4) is 0 Å². The molecule has 2 fully saturated rings. The molecule has 2 unspecified atom stereocenters. The van der Waals surface area contributed by atoms with Gasteiger partial charge < -0.3 is 15.0 Å². The number of hydrogen-bond donors (Lipinski definition) is 1. The van der Waals surface area contributed by atoms with Crippen molar-refractivity contribution in [2.75, 3.05) is 39.9 Å². The van der Waals surface area contributed by atoms with Gasteiger partial charge in [-0.05, 0) is 71.1 Å². The van der Waals surface area contributed by atoms with Crippen LogP contribution in [0.15, 0.2) is 0 Å². The molecule has 3 heteroatoms. The van der Waals surface area contributed by atoms with Crippen molar-refractivity contribution in [2.24, 2.45) is 11.8 Å². The fourth-order valence-corrected chi connectivity index (χ4v) is 2.98. The maximum atomic E-state index is 5.44. The molecule has 0 aromatic carbocycles. The Morgan fingerprint density at radius 1 is 1.29 bits per heavy atom. The van der Waals surface area contributed by atoms with Crippen molar-refractivity contribution in [3.63, 3.8) is 0 Å². The van der Waals surface area contributed by atoms with Crippen LogP contribution in [0, 0.1) is 11.8 Å². The largest absolute Gasteiger partial charge is 0.381 e. The first kappa shape index (κ1) is 13.3. The van der Waals surface area contributed by atoms with Gasteiger partial charge >= 0.3 is 0 Å². The van der Waals surface area contributed by atoms with E-state index in [9.17, 15) is 0 Å². The van der Waals surface area contributed by atoms with Crippen LogP contribution in [0.5, 0.6) is 0 Å². The van der Waals surface area contributed by atoms with Gasteiger partial charge in [-0.2, -0.15) is 0 Å². The van der Waals surface area contributed by atoms with Crippen molar-refractivity contribution in [1.29, 1.82) is 0 Å². The molecule has 2 aliphatic rings. The van der Waals surface area contributed by atoms with Gasteiger partial charge in [0.2, 0.25) is 0 Å². The molecule has 0 aromatic heterocycles. The van der Waals surface area contributed by atoms with Crippen LogP contribution in [0.1, 0.15) is 32.6 Å². The number of rotatable bonds is 5. The molecule has 0 bridgehead atoms. The highest BCUT2D eigenvalue weighted by Crippen LogP contribution is 2.20. The summed E-state index contributed by atoms with van der Waals surface area (Å²) in [5.74, 6) is 1.69. The fourth-order valence-electron chi connectivity index (χ4n) is 2.98. The third kappa shape index (κ3) is 4.23. The molecule has 0 saturated carbocycles. The van der Waals surface area contributed by atoms with Gasteiger partial charge in [-0.25, -0.2) is 0 Å². The van der Waals surface area contributed by atoms with E-state index in [0.29, 0.717) is 6.04 Å². The van der Waals surface area contributed by atoms with E-state index >= 15 is 0 Å². The number of nitrogens with one attached hydrogen (secondary N) is 1. The van der Waals surface area contributed by atoms with Gasteiger partial charge in [-0.15, -0.1) is 0 Å². The van der Waals surface area contributed by atoms with Gasteiger partial charge in [0.25, 0.3) is 0 Å². The molecule has 2 aliphatic heterocycles. The molecule has 0 radical (unpaired) electrons. The lowest BCUT2D eigenvalue weighted by Gasteiger charge is -2.29. The zero-order valence-electron chi connectivity index (χ0n) is 11.5. The van der Waals surface area contributed by atoms with E-state index in [1.165, 1.54) is 45.3 Å². The molecule has 0 aromatic rings. The van der Waals surface area contributed by atoms with Crippen LogP contribution in [0.3, 0.4) is 0 Å². The molecule has 2 saturated heterocycles. The summed E-state index contributed by atoms with van der Waals surface area (Å²) >= 11 is 0. The molecule has 0 aliphatic carbocycles. The highest BCUT2D eigenvalue weighted by atomic mass is 16.5. The number of piperidine rings is 1. The molecule has 100 valence electrons. The summed E-state index contributed by atoms with van der Waals surface area (Å²) in [5, 5.41) is 3.69. The second-order valence-electron chi connectivity index (χ2n) is 5.90. The summed E-state index contributed by atoms with van der Waals surface area (Å²) in [7, 11) is 2.23. The number of nitrogens with zero attached hydrogens (tertiary/aromatic N) is 1. The highest BCUT2D eigenvalue weighted by Gasteiger charge is 2.22. The molecular weight excluding hydrogens is 212 g/mol. The molecule has 0 amide bonds. The van der Waals surface area contributed by atoms with E-state index in [4.69, 9.17) is 4.74 Å². The number of likely N-dealkylation sites (tertiary alicyclic amines) is 1. The molecule has 17 heavy (non-hydrogen) atoms. The van der Waals surface area contributed by atoms with Crippen LogP contribution >= 0.6 is 0 Å². The van der Waals surface area contributed by atoms with Gasteiger partial charge in [0.1, 0.15) is 0 Å². The Morgan fingerprint density at radius 2 is 2.06 bits per heavy atom. The minimum Gasteiger partial charge on any atom is -0.381 e. The normalized spacial score (nSPS) is 29.6. The lowest BCUT2D eigenvalue weighted by molar-refractivity contribution is 0.176. The predicted octanol–water partition coefficient (Wildman–Crippen LogP) is 1.73. The Kier molecular flexibility index (Phi) is 5.26. The summed E-state index contributed by atoms with van der Waals surface area (Å²) in [6, 6.07) is 0.628. The van der Waals surface area contributed by atoms with E-state index in [0.717, 1.165) is 25.0 Å². The van der Waals surface area contributed by atoms with Gasteiger partial charge in [-0.1, -0.05) is 0 Å². The first-order valence-corrected chi connectivity index (χ1v) is 7.25. The Morgan fingerprint density at radius 3 is 2.71 bits per heavy atom. The van der Waals surface area contributed by atoms with Crippen molar-refractivity contribution >= 4 is 0 Å². The van der Waals surface area contributed by atoms with Gasteiger partial charge in [-0.3, -0.25) is 0 Å². The van der Waals surface area contributed by atoms with Crippen LogP contribution in [-0.4, -0.2) is 50.8 Å². The first-order valence-electron chi connectivity index (χ1n) is 7.25. The van der Waals surface area contributed by atoms with E-state index < -0.39 is 0 Å². The average molecular weight is 240 g/mol. The summed E-state index contributed by atoms with van der Waals surface area (Å²) in [5.41, 5.74) is 0. The standard InChI is InChI=1S/C14H28N2O/c1-12(14-6-10-17-11-14)15-7-3-13-4-8-16(2)9-5-13/h12-15H,3-11H2,1-2H3. The quantitative estimate of drug-likeness (QED) is 0.792. The van der Waals surface area contributed by atoms with Crippen LogP contribution in [0.4, 0.5) is 0 Å². The van der Waals surface area contributed by atoms with Crippen LogP contribution in [-0.2, 0) is 4.74 Å². The molecule has 3 nitrogen and oxygen atoms in total. The third-order valence-corrected chi connectivity index (χ3v) is 4.53. The molecule has 2 rings (SSSR count). The van der Waals surface area contributed by atoms with Crippen LogP contribution in [0.25, 0.3) is 0 Å². The topological polar surface area (TPSA) is 24.5 Å². The number of ether oxygens (including phenoxy) is 1. The van der Waals surface area contributed by atoms with Crippen molar-refractivity contribution < 1.29 is 4.74 Å². The SMILES string of the molecule is CC(NCCC1CCN(C)CC1)C1CCOC1. The lowest BCUT2D eigenvalue weighted by atomic mass is 9.93. The van der Waals surface area contributed by atoms with E-state index in [-0.39, 0.29) is 0 Å². The minimum atomic E-state index is 0.628. The molecule has 2 heterocycles. The monoisotopic (exact) mass is 240 g/mol. The molecular formula is C14H28N2O. The third-order valence-electron chi connectivity index (χ3n) is 4.53. The highest BCUT2D eigenvalue weighted by molar-refractivity contribution is 4.77. The maximum absolute atomic E-state index is 5.44. The summed E-state index contributed by atoms with van der Waals surface area (Å²) in [6.07, 6.45) is 5.37. The van der Waals surface area contributed by atoms with Gasteiger partial charge in [0.15, 0.2) is 0 Å². The zero-order chi connectivity index (χ0) is 12.1. The Balaban J connectivity index is 1.56. The maximum Gasteiger partial charge on any atom is 0.0509 e. The van der Waals surface area contributed by atoms with Gasteiger partial charge in [0.05, 0.1) is 6.61 Å². The summed E-state index contributed by atoms with van der Waals surface area (Å²) in [4.78, 5) is 2.45. The second-order valence-corrected chi connectivity index (χ2v) is 5.90. The minimum absolute atomic E-state index is 0.628. The summed E-state index contributed by atoms with van der Waals surface area (Å²) < 4.78 is 5.44. The van der Waals surface area contributed by atoms with Crippen LogP contribution < -0.4 is 5.32 Å². The van der Waals surface area contributed by atoms with Crippen LogP contribution in [0.2, 0.25) is 0 Å². The average Bonchev–Trinajstić information content (AvgIpc) is 2.85. The zero-order valence-corrected chi connectivity index (χ0v) is 11.5. The van der Waals surface area contributed by atoms with Crippen molar-refractivity contribution in [2.45, 2.75) is 38.6 Å².